The van der Waals surface area contributed by atoms with Crippen LogP contribution in [0.3, 0.4) is 0 Å². The lowest BCUT2D eigenvalue weighted by atomic mass is 9.95. The topological polar surface area (TPSA) is 116 Å². The Balaban J connectivity index is 2.48. The second kappa shape index (κ2) is 24.8. The average Bonchev–Trinajstić information content (AvgIpc) is 3.50. The van der Waals surface area contributed by atoms with Crippen LogP contribution in [-0.2, 0) is 14.3 Å². The Hall–Kier alpha value is -3.42. The van der Waals surface area contributed by atoms with Gasteiger partial charge in [-0.1, -0.05) is 111 Å². The number of carbonyl (C=O) groups excluding carboxylic acids is 2. The molecule has 288 valence electrons. The number of benzene rings is 1. The van der Waals surface area contributed by atoms with Gasteiger partial charge in [0, 0.05) is 31.0 Å². The highest BCUT2D eigenvalue weighted by Gasteiger charge is 2.23. The first-order valence-electron chi connectivity index (χ1n) is 19.3. The summed E-state index contributed by atoms with van der Waals surface area (Å²) in [5.74, 6) is 1.09. The van der Waals surface area contributed by atoms with Crippen molar-refractivity contribution in [1.29, 1.82) is 5.26 Å². The monoisotopic (exact) mass is 755 g/mol. The van der Waals surface area contributed by atoms with Gasteiger partial charge in [-0.05, 0) is 55.2 Å². The summed E-state index contributed by atoms with van der Waals surface area (Å²) in [6.07, 6.45) is 14.7. The molecule has 0 aliphatic heterocycles. The lowest BCUT2D eigenvalue weighted by Gasteiger charge is -2.34. The molecule has 0 spiro atoms. The molecule has 2 rings (SSSR count). The van der Waals surface area contributed by atoms with Crippen molar-refractivity contribution in [3.63, 3.8) is 0 Å². The molecule has 3 unspecified atom stereocenters. The van der Waals surface area contributed by atoms with Crippen LogP contribution in [0.25, 0.3) is 6.08 Å². The largest absolute Gasteiger partial charge is 0.494 e. The van der Waals surface area contributed by atoms with Gasteiger partial charge in [0.25, 0.3) is 0 Å². The highest BCUT2D eigenvalue weighted by molar-refractivity contribution is 7.17. The van der Waals surface area contributed by atoms with E-state index in [-0.39, 0.29) is 24.0 Å². The van der Waals surface area contributed by atoms with Crippen LogP contribution in [-0.4, -0.2) is 38.7 Å². The molecule has 9 nitrogen and oxygen atoms in total. The molecule has 0 aliphatic rings. The van der Waals surface area contributed by atoms with Gasteiger partial charge in [-0.15, -0.1) is 21.6 Å². The molecule has 0 radical (unpaired) electrons. The molecule has 0 bridgehead atoms. The van der Waals surface area contributed by atoms with Crippen LogP contribution >= 0.6 is 22.9 Å². The maximum atomic E-state index is 12.8. The molecule has 0 fully saturated rings. The van der Waals surface area contributed by atoms with E-state index >= 15 is 0 Å². The number of nitriles is 1. The second-order valence-electron chi connectivity index (χ2n) is 13.6. The number of carbonyl (C=O) groups is 2. The predicted molar refractivity (Wildman–Crippen MR) is 217 cm³/mol. The molecule has 11 heteroatoms. The average molecular weight is 756 g/mol. The van der Waals surface area contributed by atoms with Crippen LogP contribution in [0.5, 0.6) is 5.75 Å². The van der Waals surface area contributed by atoms with Gasteiger partial charge in [-0.25, -0.2) is 4.79 Å². The van der Waals surface area contributed by atoms with E-state index < -0.39 is 5.97 Å². The van der Waals surface area contributed by atoms with Crippen molar-refractivity contribution in [2.45, 2.75) is 126 Å². The Morgan fingerprint density at radius 1 is 0.923 bits per heavy atom. The van der Waals surface area contributed by atoms with Gasteiger partial charge in [-0.3, -0.25) is 4.79 Å². The fourth-order valence-electron chi connectivity index (χ4n) is 6.13. The van der Waals surface area contributed by atoms with Gasteiger partial charge in [-0.2, -0.15) is 5.26 Å². The van der Waals surface area contributed by atoms with E-state index in [1.54, 1.807) is 13.2 Å². The van der Waals surface area contributed by atoms with Gasteiger partial charge in [0.1, 0.15) is 28.1 Å². The first kappa shape index (κ1) is 44.7. The van der Waals surface area contributed by atoms with E-state index in [4.69, 9.17) is 21.1 Å². The zero-order valence-electron chi connectivity index (χ0n) is 32.9. The number of amides is 1. The number of thiophene rings is 1. The van der Waals surface area contributed by atoms with Gasteiger partial charge >= 0.3 is 5.97 Å². The molecule has 1 aromatic heterocycles. The Morgan fingerprint density at radius 3 is 2.00 bits per heavy atom. The first-order chi connectivity index (χ1) is 25.1. The van der Waals surface area contributed by atoms with E-state index in [9.17, 15) is 14.9 Å². The first-order valence-corrected chi connectivity index (χ1v) is 20.5. The molecule has 0 aliphatic carbocycles. The number of anilines is 2. The number of azo groups is 1. The summed E-state index contributed by atoms with van der Waals surface area (Å²) < 4.78 is 11.5. The van der Waals surface area contributed by atoms with Crippen molar-refractivity contribution in [2.75, 3.05) is 37.0 Å². The Labute approximate surface area is 322 Å². The predicted octanol–water partition coefficient (Wildman–Crippen LogP) is 12.7. The molecular formula is C41H62ClN5O4S. The Morgan fingerprint density at radius 2 is 1.50 bits per heavy atom. The lowest BCUT2D eigenvalue weighted by molar-refractivity contribution is -0.139. The minimum Gasteiger partial charge on any atom is -0.494 e. The van der Waals surface area contributed by atoms with Crippen molar-refractivity contribution in [3.8, 4) is 11.8 Å². The molecule has 3 atom stereocenters. The van der Waals surface area contributed by atoms with Crippen molar-refractivity contribution < 1.29 is 19.1 Å². The third-order valence-corrected chi connectivity index (χ3v) is 10.9. The third kappa shape index (κ3) is 14.9. The molecule has 0 saturated carbocycles. The maximum Gasteiger partial charge on any atom is 0.348 e. The molecule has 0 saturated heterocycles. The second-order valence-corrected chi connectivity index (χ2v) is 15.1. The van der Waals surface area contributed by atoms with E-state index in [0.717, 1.165) is 70.1 Å². The summed E-state index contributed by atoms with van der Waals surface area (Å²) in [6.45, 7) is 16.7. The van der Waals surface area contributed by atoms with Crippen LogP contribution in [0.1, 0.15) is 130 Å². The van der Waals surface area contributed by atoms with Crippen molar-refractivity contribution in [2.24, 2.45) is 28.0 Å². The number of rotatable bonds is 25. The van der Waals surface area contributed by atoms with Gasteiger partial charge in [0.2, 0.25) is 5.91 Å². The zero-order chi connectivity index (χ0) is 38.5. The number of hydrogen-bond acceptors (Lipinski definition) is 9. The number of methoxy groups -OCH3 is 1. The fraction of sp³-hybridized carbons (Fsp3) is 0.634. The van der Waals surface area contributed by atoms with Crippen molar-refractivity contribution >= 4 is 63.0 Å². The van der Waals surface area contributed by atoms with Gasteiger partial charge < -0.3 is 19.7 Å². The highest BCUT2D eigenvalue weighted by atomic mass is 35.5. The van der Waals surface area contributed by atoms with Gasteiger partial charge in [0.05, 0.1) is 30.1 Å². The summed E-state index contributed by atoms with van der Waals surface area (Å²) in [4.78, 5) is 28.1. The smallest absolute Gasteiger partial charge is 0.348 e. The minimum absolute atomic E-state index is 0.129. The lowest BCUT2D eigenvalue weighted by Crippen LogP contribution is -2.34. The molecule has 2 aromatic rings. The van der Waals surface area contributed by atoms with Crippen LogP contribution in [0.15, 0.2) is 34.0 Å². The molecule has 1 amide bonds. The highest BCUT2D eigenvalue weighted by Crippen LogP contribution is 2.42. The number of unbranched alkanes of at least 4 members (excludes halogenated alkanes) is 3. The normalized spacial score (nSPS) is 13.4. The van der Waals surface area contributed by atoms with Crippen LogP contribution < -0.4 is 15.0 Å². The van der Waals surface area contributed by atoms with Crippen molar-refractivity contribution in [3.05, 3.63) is 33.7 Å². The molecular weight excluding hydrogens is 694 g/mol. The van der Waals surface area contributed by atoms with Gasteiger partial charge in [0.15, 0.2) is 0 Å². The zero-order valence-corrected chi connectivity index (χ0v) is 34.4. The number of nitrogens with zero attached hydrogens (tertiary/aromatic N) is 4. The Kier molecular flexibility index (Phi) is 21.3. The molecule has 52 heavy (non-hydrogen) atoms. The minimum atomic E-state index is -0.669. The fourth-order valence-corrected chi connectivity index (χ4v) is 7.28. The standard InChI is InChI=1S/C41H62ClN5O4S/c1-9-15-18-30(12-4)26-47(27-31(13-5)19-16-10-2)37-23-35(44-29(7)48)36(24-38(37)50-8)45-46-40-22-34(42)39(52-40)21-33(25-43)41(49)51-28-32(14-6)20-17-11-3/h21-24,30-32H,9-20,26-28H2,1-8H3,(H,44,48)/b33-21+,46-45+. The summed E-state index contributed by atoms with van der Waals surface area (Å²) in [5.41, 5.74) is 1.76. The quantitative estimate of drug-likeness (QED) is 0.0467. The number of halogens is 1. The number of esters is 1. The SMILES string of the molecule is CCCCC(CC)COC(=O)/C(C#N)=C/c1sc(/N=N/c2cc(OC)c(N(CC(CC)CCCC)CC(CC)CCCC)cc2NC(C)=O)cc1Cl. The van der Waals surface area contributed by atoms with Crippen molar-refractivity contribution in [1.82, 2.24) is 0 Å². The number of hydrogen-bond donors (Lipinski definition) is 1. The number of ether oxygens (including phenoxy) is 2. The van der Waals surface area contributed by atoms with Crippen LogP contribution in [0.4, 0.5) is 22.1 Å². The van der Waals surface area contributed by atoms with Crippen LogP contribution in [0.2, 0.25) is 5.02 Å². The summed E-state index contributed by atoms with van der Waals surface area (Å²) in [7, 11) is 1.65. The van der Waals surface area contributed by atoms with E-state index in [2.05, 4.69) is 62.0 Å². The Bertz CT molecular complexity index is 1480. The molecule has 1 heterocycles. The molecule has 1 aromatic carbocycles. The van der Waals surface area contributed by atoms with E-state index in [1.807, 2.05) is 18.2 Å². The van der Waals surface area contributed by atoms with E-state index in [0.29, 0.717) is 43.9 Å². The summed E-state index contributed by atoms with van der Waals surface area (Å²) in [6, 6.07) is 7.37. The summed E-state index contributed by atoms with van der Waals surface area (Å²) >= 11 is 7.73. The third-order valence-electron chi connectivity index (χ3n) is 9.56. The van der Waals surface area contributed by atoms with Crippen LogP contribution in [0, 0.1) is 29.1 Å². The van der Waals surface area contributed by atoms with E-state index in [1.165, 1.54) is 50.0 Å². The summed E-state index contributed by atoms with van der Waals surface area (Å²) in [5, 5.41) is 22.5. The number of nitrogens with one attached hydrogen (secondary N) is 1. The molecule has 1 N–H and O–H groups in total. The maximum absolute atomic E-state index is 12.8.